The Labute approximate surface area is 123 Å². The lowest BCUT2D eigenvalue weighted by molar-refractivity contribution is 0.0704. The van der Waals surface area contributed by atoms with Crippen LogP contribution in [0.15, 0.2) is 0 Å². The normalized spacial score (nSPS) is 15.9. The topological polar surface area (TPSA) is 43.0 Å². The highest BCUT2D eigenvalue weighted by Gasteiger charge is 2.39. The maximum Gasteiger partial charge on any atom is 0.500 e. The Hall–Kier alpha value is -0.213. The fourth-order valence-electron chi connectivity index (χ4n) is 2.21. The predicted molar refractivity (Wildman–Crippen MR) is 82.2 cm³/mol. The molecule has 112 valence electrons. The quantitative estimate of drug-likeness (QED) is 0.489. The van der Waals surface area contributed by atoms with Gasteiger partial charge in [-0.25, -0.2) is 0 Å². The molecule has 1 rings (SSSR count). The molecule has 0 saturated carbocycles. The Bertz CT molecular complexity index is 265. The molecule has 7 heteroatoms. The van der Waals surface area contributed by atoms with E-state index in [2.05, 4.69) is 10.2 Å². The zero-order valence-corrected chi connectivity index (χ0v) is 14.1. The first kappa shape index (κ1) is 16.8. The molecule has 0 aromatic carbocycles. The van der Waals surface area contributed by atoms with E-state index in [1.165, 1.54) is 0 Å². The fraction of sp³-hybridized carbons (Fsp3) is 0.917. The van der Waals surface area contributed by atoms with Gasteiger partial charge in [-0.15, -0.1) is 0 Å². The van der Waals surface area contributed by atoms with Crippen LogP contribution < -0.4 is 5.32 Å². The molecule has 0 amide bonds. The summed E-state index contributed by atoms with van der Waals surface area (Å²) in [5, 5.41) is 4.03. The predicted octanol–water partition coefficient (Wildman–Crippen LogP) is 1.61. The summed E-state index contributed by atoms with van der Waals surface area (Å²) in [6.07, 6.45) is 0.980. The van der Waals surface area contributed by atoms with Crippen molar-refractivity contribution in [3.63, 3.8) is 0 Å². The Morgan fingerprint density at radius 2 is 1.74 bits per heavy atom. The molecule has 0 bridgehead atoms. The van der Waals surface area contributed by atoms with Crippen LogP contribution in [0.4, 0.5) is 0 Å². The van der Waals surface area contributed by atoms with Crippen LogP contribution in [0.1, 0.15) is 27.2 Å². The molecule has 1 aliphatic heterocycles. The van der Waals surface area contributed by atoms with Crippen molar-refractivity contribution in [3.05, 3.63) is 0 Å². The molecule has 1 heterocycles. The van der Waals surface area contributed by atoms with Crippen molar-refractivity contribution in [1.82, 2.24) is 10.2 Å². The summed E-state index contributed by atoms with van der Waals surface area (Å²) in [7, 11) is -2.48. The highest BCUT2D eigenvalue weighted by atomic mass is 32.1. The Morgan fingerprint density at radius 3 is 2.16 bits per heavy atom. The first-order valence-corrected chi connectivity index (χ1v) is 9.46. The fourth-order valence-corrected chi connectivity index (χ4v) is 5.09. The van der Waals surface area contributed by atoms with Gasteiger partial charge in [0.15, 0.2) is 5.11 Å². The first-order valence-electron chi connectivity index (χ1n) is 7.12. The second kappa shape index (κ2) is 8.86. The summed E-state index contributed by atoms with van der Waals surface area (Å²) >= 11 is 5.23. The average molecular weight is 307 g/mol. The van der Waals surface area contributed by atoms with Crippen molar-refractivity contribution in [2.75, 3.05) is 39.5 Å². The van der Waals surface area contributed by atoms with Gasteiger partial charge >= 0.3 is 8.80 Å². The maximum absolute atomic E-state index is 5.83. The molecule has 0 spiro atoms. The SMILES string of the molecule is CCO[Si](CCCN1CCNC1=S)(OCC)OCC. The minimum atomic E-state index is -2.48. The highest BCUT2D eigenvalue weighted by Crippen LogP contribution is 2.18. The van der Waals surface area contributed by atoms with E-state index in [-0.39, 0.29) is 0 Å². The van der Waals surface area contributed by atoms with E-state index in [9.17, 15) is 0 Å². The van der Waals surface area contributed by atoms with E-state index in [0.29, 0.717) is 19.8 Å². The number of nitrogens with zero attached hydrogens (tertiary/aromatic N) is 1. The highest BCUT2D eigenvalue weighted by molar-refractivity contribution is 7.80. The third kappa shape index (κ3) is 5.35. The molecule has 0 aromatic heterocycles. The molecule has 5 nitrogen and oxygen atoms in total. The third-order valence-electron chi connectivity index (χ3n) is 2.95. The van der Waals surface area contributed by atoms with E-state index in [1.54, 1.807) is 0 Å². The van der Waals surface area contributed by atoms with Gasteiger partial charge in [0.05, 0.1) is 0 Å². The van der Waals surface area contributed by atoms with Crippen molar-refractivity contribution in [2.24, 2.45) is 0 Å². The number of hydrogen-bond acceptors (Lipinski definition) is 4. The van der Waals surface area contributed by atoms with Crippen LogP contribution in [-0.2, 0) is 13.3 Å². The van der Waals surface area contributed by atoms with Crippen LogP contribution in [0.25, 0.3) is 0 Å². The van der Waals surface area contributed by atoms with Crippen LogP contribution in [0.5, 0.6) is 0 Å². The van der Waals surface area contributed by atoms with E-state index in [4.69, 9.17) is 25.5 Å². The molecule has 0 aromatic rings. The maximum atomic E-state index is 5.83. The summed E-state index contributed by atoms with van der Waals surface area (Å²) in [5.41, 5.74) is 0. The molecule has 0 aliphatic carbocycles. The van der Waals surface area contributed by atoms with Crippen LogP contribution in [0.3, 0.4) is 0 Å². The smallest absolute Gasteiger partial charge is 0.374 e. The molecule has 1 N–H and O–H groups in total. The lowest BCUT2D eigenvalue weighted by Gasteiger charge is -2.29. The second-order valence-corrected chi connectivity index (χ2v) is 7.42. The molecule has 19 heavy (non-hydrogen) atoms. The van der Waals surface area contributed by atoms with E-state index < -0.39 is 8.80 Å². The van der Waals surface area contributed by atoms with Crippen molar-refractivity contribution >= 4 is 26.1 Å². The average Bonchev–Trinajstić information content (AvgIpc) is 2.76. The number of nitrogens with one attached hydrogen (secondary N) is 1. The molecular weight excluding hydrogens is 280 g/mol. The van der Waals surface area contributed by atoms with Crippen LogP contribution in [-0.4, -0.2) is 58.3 Å². The molecule has 1 saturated heterocycles. The Kier molecular flexibility index (Phi) is 7.85. The molecule has 0 atom stereocenters. The van der Waals surface area contributed by atoms with E-state index in [1.807, 2.05) is 20.8 Å². The summed E-state index contributed by atoms with van der Waals surface area (Å²) in [6.45, 7) is 10.7. The number of thiocarbonyl (C=S) groups is 1. The number of rotatable bonds is 10. The van der Waals surface area contributed by atoms with Gasteiger partial charge in [-0.1, -0.05) is 0 Å². The van der Waals surface area contributed by atoms with E-state index in [0.717, 1.165) is 37.2 Å². The van der Waals surface area contributed by atoms with Crippen molar-refractivity contribution in [3.8, 4) is 0 Å². The van der Waals surface area contributed by atoms with Crippen LogP contribution in [0, 0.1) is 0 Å². The van der Waals surface area contributed by atoms with Gasteiger partial charge < -0.3 is 23.5 Å². The van der Waals surface area contributed by atoms with Gasteiger partial charge in [-0.3, -0.25) is 0 Å². The number of hydrogen-bond donors (Lipinski definition) is 1. The largest absolute Gasteiger partial charge is 0.500 e. The van der Waals surface area contributed by atoms with Gasteiger partial charge in [0.25, 0.3) is 0 Å². The summed E-state index contributed by atoms with van der Waals surface area (Å²) < 4.78 is 17.5. The molecule has 0 unspecified atom stereocenters. The lowest BCUT2D eigenvalue weighted by Crippen LogP contribution is -2.46. The van der Waals surface area contributed by atoms with E-state index >= 15 is 0 Å². The second-order valence-electron chi connectivity index (χ2n) is 4.30. The van der Waals surface area contributed by atoms with Crippen LogP contribution in [0.2, 0.25) is 6.04 Å². The van der Waals surface area contributed by atoms with Crippen molar-refractivity contribution < 1.29 is 13.3 Å². The van der Waals surface area contributed by atoms with Gasteiger partial charge in [-0.2, -0.15) is 0 Å². The summed E-state index contributed by atoms with van der Waals surface area (Å²) in [4.78, 5) is 2.19. The minimum absolute atomic E-state index is 0.635. The summed E-state index contributed by atoms with van der Waals surface area (Å²) in [5.74, 6) is 0. The zero-order chi connectivity index (χ0) is 14.1. The lowest BCUT2D eigenvalue weighted by atomic mass is 10.4. The third-order valence-corrected chi connectivity index (χ3v) is 6.50. The van der Waals surface area contributed by atoms with Gasteiger partial charge in [0.2, 0.25) is 0 Å². The van der Waals surface area contributed by atoms with Gasteiger partial charge in [-0.05, 0) is 39.4 Å². The Morgan fingerprint density at radius 1 is 1.16 bits per heavy atom. The monoisotopic (exact) mass is 306 g/mol. The molecule has 1 fully saturated rings. The van der Waals surface area contributed by atoms with Crippen molar-refractivity contribution in [1.29, 1.82) is 0 Å². The Balaban J connectivity index is 2.44. The minimum Gasteiger partial charge on any atom is -0.374 e. The van der Waals surface area contributed by atoms with Crippen molar-refractivity contribution in [2.45, 2.75) is 33.2 Å². The van der Waals surface area contributed by atoms with Gasteiger partial charge in [0.1, 0.15) is 0 Å². The molecule has 0 radical (unpaired) electrons. The first-order chi connectivity index (χ1) is 9.17. The van der Waals surface area contributed by atoms with Crippen LogP contribution >= 0.6 is 12.2 Å². The molecule has 1 aliphatic rings. The van der Waals surface area contributed by atoms with Gasteiger partial charge in [0, 0.05) is 45.5 Å². The standard InChI is InChI=1S/C12H26N2O3SSi/c1-4-15-19(16-5-2,17-6-3)11-7-9-14-10-8-13-12(14)18/h4-11H2,1-3H3,(H,13,18). The zero-order valence-electron chi connectivity index (χ0n) is 12.2. The summed E-state index contributed by atoms with van der Waals surface area (Å²) in [6, 6.07) is 0.849. The molecular formula is C12H26N2O3SSi.